The first-order chi connectivity index (χ1) is 14.2. The van der Waals surface area contributed by atoms with Gasteiger partial charge in [0.2, 0.25) is 0 Å². The number of thiophene rings is 1. The summed E-state index contributed by atoms with van der Waals surface area (Å²) in [4.78, 5) is 23.0. The Balaban J connectivity index is 1.46. The predicted molar refractivity (Wildman–Crippen MR) is 118 cm³/mol. The Morgan fingerprint density at radius 3 is 2.48 bits per heavy atom. The van der Waals surface area contributed by atoms with Gasteiger partial charge in [-0.1, -0.05) is 24.3 Å². The standard InChI is InChI=1S/C23H26N4OS/c1-18(25-23(28)19-7-5-11-24-17-19)22(21-10-6-16-29-21)27-14-12-26(13-15-27)20-8-3-2-4-9-20/h2-11,16-18,22H,12-15H2,1H3,(H,25,28)/t18-,22-/m1/s1. The molecule has 2 aromatic heterocycles. The van der Waals surface area contributed by atoms with Crippen LogP contribution >= 0.6 is 11.3 Å². The van der Waals surface area contributed by atoms with Crippen LogP contribution < -0.4 is 10.2 Å². The Morgan fingerprint density at radius 1 is 1.03 bits per heavy atom. The molecule has 1 fully saturated rings. The summed E-state index contributed by atoms with van der Waals surface area (Å²) >= 11 is 1.75. The van der Waals surface area contributed by atoms with Crippen molar-refractivity contribution in [3.63, 3.8) is 0 Å². The molecule has 1 N–H and O–H groups in total. The SMILES string of the molecule is C[C@@H](NC(=O)c1cccnc1)[C@H](c1cccs1)N1CCN(c2ccccc2)CC1. The zero-order valence-electron chi connectivity index (χ0n) is 16.6. The van der Waals surface area contributed by atoms with Crippen LogP contribution in [-0.2, 0) is 0 Å². The lowest BCUT2D eigenvalue weighted by Crippen LogP contribution is -2.52. The van der Waals surface area contributed by atoms with Gasteiger partial charge in [-0.2, -0.15) is 0 Å². The molecule has 0 radical (unpaired) electrons. The van der Waals surface area contributed by atoms with Crippen LogP contribution in [-0.4, -0.2) is 48.0 Å². The fourth-order valence-corrected chi connectivity index (χ4v) is 4.93. The normalized spacial score (nSPS) is 16.9. The van der Waals surface area contributed by atoms with Crippen LogP contribution in [0, 0.1) is 0 Å². The number of amides is 1. The van der Waals surface area contributed by atoms with Crippen molar-refractivity contribution in [3.8, 4) is 0 Å². The van der Waals surface area contributed by atoms with Gasteiger partial charge in [0.15, 0.2) is 0 Å². The molecule has 29 heavy (non-hydrogen) atoms. The molecule has 5 nitrogen and oxygen atoms in total. The van der Waals surface area contributed by atoms with Crippen LogP contribution in [0.4, 0.5) is 5.69 Å². The molecule has 0 spiro atoms. The average molecular weight is 407 g/mol. The molecule has 2 atom stereocenters. The minimum atomic E-state index is -0.0740. The number of piperazine rings is 1. The molecule has 150 valence electrons. The summed E-state index contributed by atoms with van der Waals surface area (Å²) in [5.41, 5.74) is 1.87. The van der Waals surface area contributed by atoms with Crippen LogP contribution in [0.25, 0.3) is 0 Å². The van der Waals surface area contributed by atoms with Crippen LogP contribution in [0.5, 0.6) is 0 Å². The van der Waals surface area contributed by atoms with Crippen molar-refractivity contribution in [1.82, 2.24) is 15.2 Å². The lowest BCUT2D eigenvalue weighted by atomic mass is 10.0. The third-order valence-electron chi connectivity index (χ3n) is 5.42. The van der Waals surface area contributed by atoms with Crippen molar-refractivity contribution >= 4 is 22.9 Å². The van der Waals surface area contributed by atoms with Crippen molar-refractivity contribution in [2.24, 2.45) is 0 Å². The van der Waals surface area contributed by atoms with Crippen molar-refractivity contribution < 1.29 is 4.79 Å². The van der Waals surface area contributed by atoms with Gasteiger partial charge in [0.1, 0.15) is 0 Å². The molecule has 0 unspecified atom stereocenters. The maximum absolute atomic E-state index is 12.7. The van der Waals surface area contributed by atoms with Crippen LogP contribution in [0.3, 0.4) is 0 Å². The summed E-state index contributed by atoms with van der Waals surface area (Å²) in [6.45, 7) is 5.99. The molecular formula is C23H26N4OS. The number of carbonyl (C=O) groups excluding carboxylic acids is 1. The first-order valence-electron chi connectivity index (χ1n) is 10.0. The van der Waals surface area contributed by atoms with Gasteiger partial charge >= 0.3 is 0 Å². The number of para-hydroxylation sites is 1. The highest BCUT2D eigenvalue weighted by Gasteiger charge is 2.31. The number of rotatable bonds is 6. The summed E-state index contributed by atoms with van der Waals surface area (Å²) in [5, 5.41) is 5.31. The van der Waals surface area contributed by atoms with Crippen molar-refractivity contribution in [2.45, 2.75) is 19.0 Å². The highest BCUT2D eigenvalue weighted by Crippen LogP contribution is 2.30. The van der Waals surface area contributed by atoms with E-state index < -0.39 is 0 Å². The third-order valence-corrected chi connectivity index (χ3v) is 6.36. The maximum atomic E-state index is 12.7. The maximum Gasteiger partial charge on any atom is 0.253 e. The first-order valence-corrected chi connectivity index (χ1v) is 10.9. The molecular weight excluding hydrogens is 380 g/mol. The highest BCUT2D eigenvalue weighted by molar-refractivity contribution is 7.10. The van der Waals surface area contributed by atoms with Gasteiger partial charge in [0.25, 0.3) is 5.91 Å². The zero-order chi connectivity index (χ0) is 20.1. The topological polar surface area (TPSA) is 48.5 Å². The molecule has 4 rings (SSSR count). The number of carbonyl (C=O) groups is 1. The minimum Gasteiger partial charge on any atom is -0.369 e. The van der Waals surface area contributed by atoms with Crippen LogP contribution in [0.15, 0.2) is 72.4 Å². The van der Waals surface area contributed by atoms with Gasteiger partial charge in [0.05, 0.1) is 11.6 Å². The number of anilines is 1. The monoisotopic (exact) mass is 406 g/mol. The average Bonchev–Trinajstić information content (AvgIpc) is 3.30. The predicted octanol–water partition coefficient (Wildman–Crippen LogP) is 3.82. The van der Waals surface area contributed by atoms with E-state index in [1.807, 2.05) is 0 Å². The Hall–Kier alpha value is -2.70. The first kappa shape index (κ1) is 19.6. The van der Waals surface area contributed by atoms with Gasteiger partial charge in [-0.3, -0.25) is 14.7 Å². The molecule has 3 heterocycles. The second-order valence-corrected chi connectivity index (χ2v) is 8.30. The van der Waals surface area contributed by atoms with Gasteiger partial charge in [0, 0.05) is 55.2 Å². The lowest BCUT2D eigenvalue weighted by Gasteiger charge is -2.42. The number of aromatic nitrogens is 1. The molecule has 1 aliphatic rings. The van der Waals surface area contributed by atoms with E-state index >= 15 is 0 Å². The second-order valence-electron chi connectivity index (χ2n) is 7.32. The number of pyridine rings is 1. The van der Waals surface area contributed by atoms with Crippen LogP contribution in [0.1, 0.15) is 28.2 Å². The molecule has 0 aliphatic carbocycles. The Kier molecular flexibility index (Phi) is 6.22. The molecule has 6 heteroatoms. The van der Waals surface area contributed by atoms with Gasteiger partial charge < -0.3 is 10.2 Å². The van der Waals surface area contributed by atoms with E-state index in [0.717, 1.165) is 26.2 Å². The van der Waals surface area contributed by atoms with Crippen molar-refractivity contribution in [2.75, 3.05) is 31.1 Å². The largest absolute Gasteiger partial charge is 0.369 e. The summed E-state index contributed by atoms with van der Waals surface area (Å²) in [6.07, 6.45) is 3.29. The molecule has 1 aliphatic heterocycles. The number of hydrogen-bond donors (Lipinski definition) is 1. The minimum absolute atomic E-state index is 0.00960. The van der Waals surface area contributed by atoms with Crippen molar-refractivity contribution in [1.29, 1.82) is 0 Å². The summed E-state index contributed by atoms with van der Waals surface area (Å²) in [5.74, 6) is -0.0740. The summed E-state index contributed by atoms with van der Waals surface area (Å²) in [7, 11) is 0. The van der Waals surface area contributed by atoms with Gasteiger partial charge in [-0.05, 0) is 42.6 Å². The summed E-state index contributed by atoms with van der Waals surface area (Å²) in [6, 6.07) is 18.6. The Bertz CT molecular complexity index is 893. The zero-order valence-corrected chi connectivity index (χ0v) is 17.4. The molecule has 1 saturated heterocycles. The highest BCUT2D eigenvalue weighted by atomic mass is 32.1. The third kappa shape index (κ3) is 4.66. The molecule has 1 amide bonds. The van der Waals surface area contributed by atoms with Gasteiger partial charge in [-0.25, -0.2) is 0 Å². The van der Waals surface area contributed by atoms with Crippen LogP contribution in [0.2, 0.25) is 0 Å². The fourth-order valence-electron chi connectivity index (χ4n) is 3.97. The Labute approximate surface area is 176 Å². The van der Waals surface area contributed by atoms with E-state index in [1.165, 1.54) is 10.6 Å². The van der Waals surface area contributed by atoms with E-state index in [0.29, 0.717) is 5.56 Å². The number of nitrogens with zero attached hydrogens (tertiary/aromatic N) is 3. The Morgan fingerprint density at radius 2 is 1.83 bits per heavy atom. The molecule has 0 saturated carbocycles. The molecule has 0 bridgehead atoms. The quantitative estimate of drug-likeness (QED) is 0.676. The number of nitrogens with one attached hydrogen (secondary N) is 1. The van der Waals surface area contributed by atoms with E-state index in [9.17, 15) is 4.79 Å². The fraction of sp³-hybridized carbons (Fsp3) is 0.304. The van der Waals surface area contributed by atoms with E-state index in [-0.39, 0.29) is 18.0 Å². The second kappa shape index (κ2) is 9.20. The van der Waals surface area contributed by atoms with E-state index in [1.54, 1.807) is 35.9 Å². The number of hydrogen-bond acceptors (Lipinski definition) is 5. The van der Waals surface area contributed by atoms with Gasteiger partial charge in [-0.15, -0.1) is 11.3 Å². The van der Waals surface area contributed by atoms with E-state index in [4.69, 9.17) is 0 Å². The smallest absolute Gasteiger partial charge is 0.253 e. The lowest BCUT2D eigenvalue weighted by molar-refractivity contribution is 0.0890. The van der Waals surface area contributed by atoms with Crippen molar-refractivity contribution in [3.05, 3.63) is 82.8 Å². The van der Waals surface area contributed by atoms with E-state index in [2.05, 4.69) is 74.9 Å². The number of benzene rings is 1. The summed E-state index contributed by atoms with van der Waals surface area (Å²) < 4.78 is 0. The molecule has 3 aromatic rings. The molecule has 1 aromatic carbocycles.